The van der Waals surface area contributed by atoms with Crippen LogP contribution in [0, 0.1) is 6.92 Å². The Hall–Kier alpha value is -2.86. The first kappa shape index (κ1) is 24.8. The lowest BCUT2D eigenvalue weighted by atomic mass is 9.98. The average molecular weight is 505 g/mol. The van der Waals surface area contributed by atoms with Crippen molar-refractivity contribution in [3.05, 3.63) is 23.7 Å². The first-order chi connectivity index (χ1) is 17.4. The van der Waals surface area contributed by atoms with Gasteiger partial charge in [-0.2, -0.15) is 10.1 Å². The molecule has 5 rings (SSSR count). The van der Waals surface area contributed by atoms with E-state index in [2.05, 4.69) is 32.5 Å². The van der Waals surface area contributed by atoms with E-state index in [1.54, 1.807) is 4.90 Å². The number of fused-ring (bicyclic) bond motifs is 2. The lowest BCUT2D eigenvalue weighted by Crippen LogP contribution is -2.42. The molecule has 5 heterocycles. The number of amides is 1. The second-order valence-corrected chi connectivity index (χ2v) is 9.92. The number of aromatic nitrogens is 4. The molecule has 1 amide bonds. The molecule has 2 atom stereocenters. The third kappa shape index (κ3) is 5.29. The smallest absolute Gasteiger partial charge is 0.268 e. The Morgan fingerprint density at radius 1 is 1.22 bits per heavy atom. The molecular formula is C24H34F2N8O2. The molecule has 3 saturated heterocycles. The van der Waals surface area contributed by atoms with Crippen LogP contribution in [0.15, 0.2) is 12.4 Å². The van der Waals surface area contributed by atoms with Crippen molar-refractivity contribution >= 4 is 23.4 Å². The second kappa shape index (κ2) is 10.6. The first-order valence-corrected chi connectivity index (χ1v) is 12.7. The van der Waals surface area contributed by atoms with E-state index in [0.717, 1.165) is 30.4 Å². The molecule has 3 fully saturated rings. The van der Waals surface area contributed by atoms with Gasteiger partial charge in [0.2, 0.25) is 11.9 Å². The highest BCUT2D eigenvalue weighted by Crippen LogP contribution is 2.40. The van der Waals surface area contributed by atoms with E-state index in [0.29, 0.717) is 50.8 Å². The Labute approximate surface area is 209 Å². The Bertz CT molecular complexity index is 1070. The van der Waals surface area contributed by atoms with Crippen LogP contribution >= 0.6 is 0 Å². The SMILES string of the molecule is Cc1nn(C2CC3CCC(C2)N3C)cc1Nc1ncc(C(F)F)c(NCCCN2CCOCC2=O)n1. The molecule has 2 unspecified atom stereocenters. The van der Waals surface area contributed by atoms with E-state index in [9.17, 15) is 13.6 Å². The summed E-state index contributed by atoms with van der Waals surface area (Å²) in [7, 11) is 2.22. The summed E-state index contributed by atoms with van der Waals surface area (Å²) < 4.78 is 34.3. The fourth-order valence-electron chi connectivity index (χ4n) is 5.53. The maximum absolute atomic E-state index is 13.6. The summed E-state index contributed by atoms with van der Waals surface area (Å²) in [4.78, 5) is 24.5. The van der Waals surface area contributed by atoms with Crippen molar-refractivity contribution in [3.8, 4) is 0 Å². The maximum Gasteiger partial charge on any atom is 0.268 e. The first-order valence-electron chi connectivity index (χ1n) is 12.7. The molecule has 196 valence electrons. The van der Waals surface area contributed by atoms with Crippen LogP contribution in [0.5, 0.6) is 0 Å². The number of hydrogen-bond acceptors (Lipinski definition) is 8. The van der Waals surface area contributed by atoms with Crippen LogP contribution in [0.4, 0.5) is 26.2 Å². The normalized spacial score (nSPS) is 24.5. The summed E-state index contributed by atoms with van der Waals surface area (Å²) in [6.07, 6.45) is 5.67. The zero-order chi connectivity index (χ0) is 25.2. The van der Waals surface area contributed by atoms with Gasteiger partial charge in [0.1, 0.15) is 12.4 Å². The molecule has 12 heteroatoms. The van der Waals surface area contributed by atoms with E-state index in [1.165, 1.54) is 12.8 Å². The zero-order valence-electron chi connectivity index (χ0n) is 20.8. The predicted molar refractivity (Wildman–Crippen MR) is 131 cm³/mol. The van der Waals surface area contributed by atoms with Crippen LogP contribution in [0.3, 0.4) is 0 Å². The number of aryl methyl sites for hydroxylation is 1. The number of nitrogens with one attached hydrogen (secondary N) is 2. The van der Waals surface area contributed by atoms with Crippen LogP contribution in [-0.4, -0.2) is 87.4 Å². The highest BCUT2D eigenvalue weighted by Gasteiger charge is 2.39. The van der Waals surface area contributed by atoms with Crippen molar-refractivity contribution in [2.24, 2.45) is 0 Å². The van der Waals surface area contributed by atoms with Crippen molar-refractivity contribution in [3.63, 3.8) is 0 Å². The van der Waals surface area contributed by atoms with Gasteiger partial charge in [0.25, 0.3) is 6.43 Å². The van der Waals surface area contributed by atoms with Gasteiger partial charge in [0.15, 0.2) is 0 Å². The molecular weight excluding hydrogens is 470 g/mol. The van der Waals surface area contributed by atoms with Gasteiger partial charge in [-0.25, -0.2) is 13.8 Å². The summed E-state index contributed by atoms with van der Waals surface area (Å²) >= 11 is 0. The number of piperidine rings is 1. The summed E-state index contributed by atoms with van der Waals surface area (Å²) in [6, 6.07) is 1.57. The standard InChI is InChI=1S/C24H34F2N8O2/c1-15-20(13-34(31-15)18-10-16-4-5-17(11-18)32(16)2)29-24-28-12-19(22(25)26)23(30-24)27-6-3-7-33-8-9-36-14-21(33)35/h12-13,16-18,22H,3-11,14H2,1-2H3,(H2,27,28,29,30). The number of carbonyl (C=O) groups is 1. The molecule has 2 N–H and O–H groups in total. The molecule has 0 radical (unpaired) electrons. The molecule has 0 saturated carbocycles. The Kier molecular flexibility index (Phi) is 7.33. The number of morpholine rings is 1. The minimum absolute atomic E-state index is 0.0492. The molecule has 3 aliphatic rings. The number of carbonyl (C=O) groups excluding carboxylic acids is 1. The number of nitrogens with zero attached hydrogens (tertiary/aromatic N) is 6. The molecule has 3 aliphatic heterocycles. The predicted octanol–water partition coefficient (Wildman–Crippen LogP) is 3.12. The third-order valence-corrected chi connectivity index (χ3v) is 7.64. The van der Waals surface area contributed by atoms with Crippen LogP contribution in [0.25, 0.3) is 0 Å². The van der Waals surface area contributed by atoms with Crippen molar-refractivity contribution in [2.45, 2.75) is 63.6 Å². The summed E-state index contributed by atoms with van der Waals surface area (Å²) in [6.45, 7) is 4.02. The largest absolute Gasteiger partial charge is 0.370 e. The summed E-state index contributed by atoms with van der Waals surface area (Å²) in [5, 5.41) is 10.9. The second-order valence-electron chi connectivity index (χ2n) is 9.92. The molecule has 2 bridgehead atoms. The summed E-state index contributed by atoms with van der Waals surface area (Å²) in [5.41, 5.74) is 1.33. The summed E-state index contributed by atoms with van der Waals surface area (Å²) in [5.74, 6) is 0.274. The van der Waals surface area contributed by atoms with Crippen molar-refractivity contribution in [1.29, 1.82) is 0 Å². The topological polar surface area (TPSA) is 100 Å². The van der Waals surface area contributed by atoms with E-state index in [4.69, 9.17) is 9.84 Å². The Morgan fingerprint density at radius 3 is 2.72 bits per heavy atom. The van der Waals surface area contributed by atoms with Crippen LogP contribution < -0.4 is 10.6 Å². The van der Waals surface area contributed by atoms with Gasteiger partial charge in [0, 0.05) is 44.1 Å². The highest BCUT2D eigenvalue weighted by molar-refractivity contribution is 5.77. The van der Waals surface area contributed by atoms with Crippen LogP contribution in [0.2, 0.25) is 0 Å². The quantitative estimate of drug-likeness (QED) is 0.503. The van der Waals surface area contributed by atoms with Gasteiger partial charge < -0.3 is 25.2 Å². The van der Waals surface area contributed by atoms with E-state index in [-0.39, 0.29) is 29.8 Å². The van der Waals surface area contributed by atoms with Crippen molar-refractivity contribution < 1.29 is 18.3 Å². The molecule has 0 aliphatic carbocycles. The van der Waals surface area contributed by atoms with Crippen LogP contribution in [0.1, 0.15) is 55.8 Å². The molecule has 0 aromatic carbocycles. The molecule has 36 heavy (non-hydrogen) atoms. The van der Waals surface area contributed by atoms with E-state index < -0.39 is 6.43 Å². The molecule has 2 aromatic heterocycles. The Balaban J connectivity index is 1.23. The molecule has 10 nitrogen and oxygen atoms in total. The highest BCUT2D eigenvalue weighted by atomic mass is 19.3. The van der Waals surface area contributed by atoms with Crippen LogP contribution in [-0.2, 0) is 9.53 Å². The lowest BCUT2D eigenvalue weighted by molar-refractivity contribution is -0.142. The minimum atomic E-state index is -2.70. The zero-order valence-corrected chi connectivity index (χ0v) is 20.8. The van der Waals surface area contributed by atoms with E-state index in [1.807, 2.05) is 17.8 Å². The third-order valence-electron chi connectivity index (χ3n) is 7.64. The fourth-order valence-corrected chi connectivity index (χ4v) is 5.53. The van der Waals surface area contributed by atoms with Gasteiger partial charge in [-0.05, 0) is 46.1 Å². The maximum atomic E-state index is 13.6. The van der Waals surface area contributed by atoms with E-state index >= 15 is 0 Å². The van der Waals surface area contributed by atoms with Gasteiger partial charge >= 0.3 is 0 Å². The number of alkyl halides is 2. The number of anilines is 3. The van der Waals surface area contributed by atoms with Gasteiger partial charge in [0.05, 0.1) is 29.6 Å². The van der Waals surface area contributed by atoms with Crippen molar-refractivity contribution in [1.82, 2.24) is 29.5 Å². The number of halogens is 2. The van der Waals surface area contributed by atoms with Gasteiger partial charge in [-0.1, -0.05) is 0 Å². The number of ether oxygens (including phenoxy) is 1. The van der Waals surface area contributed by atoms with Gasteiger partial charge in [-0.3, -0.25) is 9.48 Å². The average Bonchev–Trinajstić information content (AvgIpc) is 3.29. The minimum Gasteiger partial charge on any atom is -0.370 e. The number of hydrogen-bond donors (Lipinski definition) is 2. The fraction of sp³-hybridized carbons (Fsp3) is 0.667. The monoisotopic (exact) mass is 504 g/mol. The van der Waals surface area contributed by atoms with Crippen molar-refractivity contribution in [2.75, 3.05) is 50.5 Å². The lowest BCUT2D eigenvalue weighted by Gasteiger charge is -2.36. The number of rotatable bonds is 9. The molecule has 0 spiro atoms. The molecule has 2 aromatic rings. The Morgan fingerprint density at radius 2 is 2.00 bits per heavy atom. The van der Waals surface area contributed by atoms with Gasteiger partial charge in [-0.15, -0.1) is 0 Å².